The molecule has 0 radical (unpaired) electrons. The molecule has 0 unspecified atom stereocenters. The third kappa shape index (κ3) is 5.91. The van der Waals surface area contributed by atoms with Crippen LogP contribution in [-0.4, -0.2) is 58.1 Å². The summed E-state index contributed by atoms with van der Waals surface area (Å²) in [6.07, 6.45) is 5.14. The molecular formula is C17H27ClN4O2. The van der Waals surface area contributed by atoms with E-state index in [9.17, 15) is 4.79 Å². The molecule has 2 rings (SSSR count). The van der Waals surface area contributed by atoms with Crippen LogP contribution in [0.15, 0.2) is 12.4 Å². The van der Waals surface area contributed by atoms with Crippen LogP contribution in [0.5, 0.6) is 0 Å². The van der Waals surface area contributed by atoms with E-state index < -0.39 is 5.60 Å². The summed E-state index contributed by atoms with van der Waals surface area (Å²) >= 11 is 6.07. The van der Waals surface area contributed by atoms with Crippen LogP contribution in [0.2, 0.25) is 5.15 Å². The molecule has 0 saturated carbocycles. The number of piperidine rings is 1. The smallest absolute Gasteiger partial charge is 0.410 e. The van der Waals surface area contributed by atoms with Crippen molar-refractivity contribution in [1.29, 1.82) is 0 Å². The average Bonchev–Trinajstić information content (AvgIpc) is 2.48. The van der Waals surface area contributed by atoms with Crippen LogP contribution in [0, 0.1) is 5.92 Å². The zero-order valence-electron chi connectivity index (χ0n) is 15.0. The van der Waals surface area contributed by atoms with Gasteiger partial charge in [-0.2, -0.15) is 0 Å². The van der Waals surface area contributed by atoms with E-state index in [1.54, 1.807) is 12.4 Å². The second kappa shape index (κ2) is 8.12. The second-order valence-electron chi connectivity index (χ2n) is 7.43. The van der Waals surface area contributed by atoms with Crippen LogP contribution in [0.25, 0.3) is 0 Å². The first-order valence-corrected chi connectivity index (χ1v) is 8.74. The van der Waals surface area contributed by atoms with Crippen molar-refractivity contribution in [2.75, 3.05) is 26.7 Å². The molecule has 0 bridgehead atoms. The van der Waals surface area contributed by atoms with Gasteiger partial charge in [-0.05, 0) is 46.6 Å². The van der Waals surface area contributed by atoms with E-state index in [-0.39, 0.29) is 6.09 Å². The number of halogens is 1. The number of aromatic nitrogens is 2. The number of ether oxygens (including phenoxy) is 1. The minimum Gasteiger partial charge on any atom is -0.444 e. The lowest BCUT2D eigenvalue weighted by Gasteiger charge is -2.35. The van der Waals surface area contributed by atoms with E-state index in [0.717, 1.165) is 38.2 Å². The van der Waals surface area contributed by atoms with Crippen molar-refractivity contribution in [3.8, 4) is 0 Å². The molecule has 1 amide bonds. The predicted octanol–water partition coefficient (Wildman–Crippen LogP) is 3.21. The first kappa shape index (κ1) is 18.9. The Bertz CT molecular complexity index is 562. The molecule has 1 aromatic heterocycles. The predicted molar refractivity (Wildman–Crippen MR) is 93.9 cm³/mol. The molecule has 0 spiro atoms. The summed E-state index contributed by atoms with van der Waals surface area (Å²) < 4.78 is 5.48. The topological polar surface area (TPSA) is 58.6 Å². The maximum atomic E-state index is 12.2. The zero-order chi connectivity index (χ0) is 17.7. The normalized spacial score (nSPS) is 18.8. The van der Waals surface area contributed by atoms with Gasteiger partial charge in [-0.15, -0.1) is 0 Å². The molecule has 1 aromatic rings. The molecule has 6 nitrogen and oxygen atoms in total. The average molecular weight is 355 g/mol. The molecule has 0 N–H and O–H groups in total. The Balaban J connectivity index is 1.86. The van der Waals surface area contributed by atoms with Crippen molar-refractivity contribution in [3.05, 3.63) is 23.2 Å². The van der Waals surface area contributed by atoms with Gasteiger partial charge in [-0.1, -0.05) is 11.6 Å². The molecule has 24 heavy (non-hydrogen) atoms. The van der Waals surface area contributed by atoms with E-state index >= 15 is 0 Å². The van der Waals surface area contributed by atoms with Crippen LogP contribution >= 0.6 is 11.6 Å². The summed E-state index contributed by atoms with van der Waals surface area (Å²) in [5, 5.41) is 0.448. The van der Waals surface area contributed by atoms with Gasteiger partial charge < -0.3 is 14.5 Å². The largest absolute Gasteiger partial charge is 0.444 e. The monoisotopic (exact) mass is 354 g/mol. The Labute approximate surface area is 149 Å². The molecule has 7 heteroatoms. The van der Waals surface area contributed by atoms with Gasteiger partial charge in [0.2, 0.25) is 0 Å². The number of rotatable bonds is 4. The summed E-state index contributed by atoms with van der Waals surface area (Å²) in [5.74, 6) is 0.423. The van der Waals surface area contributed by atoms with Crippen LogP contribution in [0.1, 0.15) is 39.3 Å². The fourth-order valence-corrected chi connectivity index (χ4v) is 3.09. The second-order valence-corrected chi connectivity index (χ2v) is 7.78. The summed E-state index contributed by atoms with van der Waals surface area (Å²) in [5.41, 5.74) is 0.324. The molecule has 1 atom stereocenters. The summed E-state index contributed by atoms with van der Waals surface area (Å²) in [7, 11) is 2.04. The summed E-state index contributed by atoms with van der Waals surface area (Å²) in [6, 6.07) is 0. The lowest BCUT2D eigenvalue weighted by molar-refractivity contribution is 0.0147. The molecule has 134 valence electrons. The number of hydrogen-bond donors (Lipinski definition) is 0. The van der Waals surface area contributed by atoms with E-state index in [1.807, 2.05) is 32.7 Å². The molecule has 1 saturated heterocycles. The fraction of sp³-hybridized carbons (Fsp3) is 0.706. The van der Waals surface area contributed by atoms with Crippen molar-refractivity contribution < 1.29 is 9.53 Å². The van der Waals surface area contributed by atoms with E-state index in [2.05, 4.69) is 14.9 Å². The van der Waals surface area contributed by atoms with Crippen molar-refractivity contribution in [1.82, 2.24) is 19.8 Å². The Morgan fingerprint density at radius 3 is 2.79 bits per heavy atom. The first-order chi connectivity index (χ1) is 11.2. The molecule has 0 aromatic carbocycles. The number of likely N-dealkylation sites (tertiary alicyclic amines) is 1. The van der Waals surface area contributed by atoms with E-state index in [4.69, 9.17) is 16.3 Å². The molecule has 2 heterocycles. The highest BCUT2D eigenvalue weighted by molar-refractivity contribution is 6.29. The van der Waals surface area contributed by atoms with Crippen molar-refractivity contribution in [3.63, 3.8) is 0 Å². The lowest BCUT2D eigenvalue weighted by Crippen LogP contribution is -2.45. The Kier molecular flexibility index (Phi) is 6.40. The Morgan fingerprint density at radius 2 is 2.12 bits per heavy atom. The SMILES string of the molecule is CN(Cc1nccnc1Cl)C[C@@H]1CCCN(C(=O)OC(C)(C)C)C1. The highest BCUT2D eigenvalue weighted by Crippen LogP contribution is 2.21. The van der Waals surface area contributed by atoms with Gasteiger partial charge in [-0.25, -0.2) is 9.78 Å². The fourth-order valence-electron chi connectivity index (χ4n) is 2.92. The highest BCUT2D eigenvalue weighted by atomic mass is 35.5. The van der Waals surface area contributed by atoms with Gasteiger partial charge in [0.05, 0.1) is 5.69 Å². The van der Waals surface area contributed by atoms with Crippen LogP contribution in [0.4, 0.5) is 4.79 Å². The third-order valence-electron chi connectivity index (χ3n) is 3.88. The number of hydrogen-bond acceptors (Lipinski definition) is 5. The Morgan fingerprint density at radius 1 is 1.42 bits per heavy atom. The van der Waals surface area contributed by atoms with Crippen molar-refractivity contribution in [2.24, 2.45) is 5.92 Å². The number of carbonyl (C=O) groups excluding carboxylic acids is 1. The zero-order valence-corrected chi connectivity index (χ0v) is 15.7. The molecular weight excluding hydrogens is 328 g/mol. The van der Waals surface area contributed by atoms with Gasteiger partial charge in [0.15, 0.2) is 5.15 Å². The van der Waals surface area contributed by atoms with Crippen LogP contribution < -0.4 is 0 Å². The Hall–Kier alpha value is -1.40. The van der Waals surface area contributed by atoms with Crippen LogP contribution in [0.3, 0.4) is 0 Å². The minimum absolute atomic E-state index is 0.216. The maximum Gasteiger partial charge on any atom is 0.410 e. The maximum absolute atomic E-state index is 12.2. The molecule has 1 aliphatic heterocycles. The quantitative estimate of drug-likeness (QED) is 0.831. The highest BCUT2D eigenvalue weighted by Gasteiger charge is 2.28. The van der Waals surface area contributed by atoms with Gasteiger partial charge >= 0.3 is 6.09 Å². The van der Waals surface area contributed by atoms with Crippen LogP contribution in [-0.2, 0) is 11.3 Å². The van der Waals surface area contributed by atoms with Gasteiger partial charge in [0.25, 0.3) is 0 Å². The molecule has 1 fully saturated rings. The number of amides is 1. The van der Waals surface area contributed by atoms with Gasteiger partial charge in [-0.3, -0.25) is 4.98 Å². The van der Waals surface area contributed by atoms with E-state index in [0.29, 0.717) is 17.6 Å². The standard InChI is InChI=1S/C17H27ClN4O2/c1-17(2,3)24-16(23)22-9-5-6-13(11-22)10-21(4)12-14-15(18)20-8-7-19-14/h7-8,13H,5-6,9-12H2,1-4H3/t13-/m0/s1. The van der Waals surface area contributed by atoms with Crippen molar-refractivity contribution >= 4 is 17.7 Å². The number of nitrogens with zero attached hydrogens (tertiary/aromatic N) is 4. The minimum atomic E-state index is -0.455. The van der Waals surface area contributed by atoms with Crippen molar-refractivity contribution in [2.45, 2.75) is 45.8 Å². The number of carbonyl (C=O) groups is 1. The van der Waals surface area contributed by atoms with Gasteiger partial charge in [0, 0.05) is 38.6 Å². The molecule has 0 aliphatic carbocycles. The summed E-state index contributed by atoms with van der Waals surface area (Å²) in [4.78, 5) is 24.6. The molecule has 1 aliphatic rings. The third-order valence-corrected chi connectivity index (χ3v) is 4.20. The summed E-state index contributed by atoms with van der Waals surface area (Å²) in [6.45, 7) is 8.71. The lowest BCUT2D eigenvalue weighted by atomic mass is 9.98. The van der Waals surface area contributed by atoms with Gasteiger partial charge in [0.1, 0.15) is 5.60 Å². The first-order valence-electron chi connectivity index (χ1n) is 8.36. The van der Waals surface area contributed by atoms with E-state index in [1.165, 1.54) is 0 Å².